The van der Waals surface area contributed by atoms with Crippen LogP contribution in [0.3, 0.4) is 0 Å². The summed E-state index contributed by atoms with van der Waals surface area (Å²) in [6.07, 6.45) is 1.44. The predicted octanol–water partition coefficient (Wildman–Crippen LogP) is 4.45. The van der Waals surface area contributed by atoms with Crippen molar-refractivity contribution in [1.82, 2.24) is 5.43 Å². The first-order valence-electron chi connectivity index (χ1n) is 10.2. The van der Waals surface area contributed by atoms with Crippen LogP contribution in [-0.2, 0) is 4.79 Å². The van der Waals surface area contributed by atoms with Crippen molar-refractivity contribution in [2.45, 2.75) is 6.92 Å². The third kappa shape index (κ3) is 6.49. The van der Waals surface area contributed by atoms with Crippen molar-refractivity contribution in [2.75, 3.05) is 26.1 Å². The molecule has 2 amide bonds. The smallest absolute Gasteiger partial charge is 0.271 e. The van der Waals surface area contributed by atoms with E-state index in [-0.39, 0.29) is 12.5 Å². The Kier molecular flexibility index (Phi) is 8.48. The zero-order valence-electron chi connectivity index (χ0n) is 18.9. The van der Waals surface area contributed by atoms with E-state index in [2.05, 4.69) is 15.8 Å². The molecule has 0 saturated heterocycles. The van der Waals surface area contributed by atoms with E-state index in [1.165, 1.54) is 20.4 Å². The van der Waals surface area contributed by atoms with Crippen LogP contribution in [0.4, 0.5) is 5.69 Å². The van der Waals surface area contributed by atoms with E-state index in [0.717, 1.165) is 5.56 Å². The first kappa shape index (κ1) is 24.6. The molecule has 8 nitrogen and oxygen atoms in total. The highest BCUT2D eigenvalue weighted by Gasteiger charge is 2.11. The van der Waals surface area contributed by atoms with E-state index in [1.807, 2.05) is 13.0 Å². The first-order chi connectivity index (χ1) is 16.4. The van der Waals surface area contributed by atoms with Gasteiger partial charge in [-0.2, -0.15) is 5.10 Å². The van der Waals surface area contributed by atoms with Crippen molar-refractivity contribution in [3.63, 3.8) is 0 Å². The number of para-hydroxylation sites is 1. The van der Waals surface area contributed by atoms with Gasteiger partial charge in [-0.15, -0.1) is 0 Å². The summed E-state index contributed by atoms with van der Waals surface area (Å²) >= 11 is 6.09. The van der Waals surface area contributed by atoms with Gasteiger partial charge in [-0.05, 0) is 55.0 Å². The number of methoxy groups -OCH3 is 2. The van der Waals surface area contributed by atoms with Crippen LogP contribution in [0.15, 0.2) is 65.8 Å². The van der Waals surface area contributed by atoms with Gasteiger partial charge in [-0.3, -0.25) is 9.59 Å². The van der Waals surface area contributed by atoms with Gasteiger partial charge in [0.05, 0.1) is 20.4 Å². The largest absolute Gasteiger partial charge is 0.493 e. The first-order valence-corrected chi connectivity index (χ1v) is 10.6. The summed E-state index contributed by atoms with van der Waals surface area (Å²) in [5, 5.41) is 7.30. The minimum absolute atomic E-state index is 0.214. The van der Waals surface area contributed by atoms with Crippen molar-refractivity contribution in [2.24, 2.45) is 5.10 Å². The zero-order valence-corrected chi connectivity index (χ0v) is 19.7. The third-order valence-electron chi connectivity index (χ3n) is 4.75. The summed E-state index contributed by atoms with van der Waals surface area (Å²) in [7, 11) is 3.01. The number of hydrazone groups is 1. The number of carbonyl (C=O) groups is 2. The summed E-state index contributed by atoms with van der Waals surface area (Å²) in [4.78, 5) is 24.7. The van der Waals surface area contributed by atoms with Gasteiger partial charge in [0.25, 0.3) is 11.8 Å². The minimum Gasteiger partial charge on any atom is -0.493 e. The number of hydrogen-bond acceptors (Lipinski definition) is 6. The Morgan fingerprint density at radius 2 is 1.74 bits per heavy atom. The zero-order chi connectivity index (χ0) is 24.5. The number of rotatable bonds is 9. The number of nitrogens with one attached hydrogen (secondary N) is 2. The van der Waals surface area contributed by atoms with Crippen LogP contribution in [0, 0.1) is 6.92 Å². The second-order valence-electron chi connectivity index (χ2n) is 7.11. The fourth-order valence-corrected chi connectivity index (χ4v) is 3.11. The molecule has 3 aromatic carbocycles. The summed E-state index contributed by atoms with van der Waals surface area (Å²) in [5.41, 5.74) is 4.90. The van der Waals surface area contributed by atoms with Gasteiger partial charge in [0, 0.05) is 21.8 Å². The molecule has 9 heteroatoms. The summed E-state index contributed by atoms with van der Waals surface area (Å²) in [6.45, 7) is 1.67. The van der Waals surface area contributed by atoms with E-state index in [0.29, 0.717) is 39.1 Å². The fraction of sp³-hybridized carbons (Fsp3) is 0.160. The number of anilines is 1. The van der Waals surface area contributed by atoms with Crippen LogP contribution < -0.4 is 25.0 Å². The number of amides is 2. The molecule has 0 saturated carbocycles. The van der Waals surface area contributed by atoms with E-state index in [4.69, 9.17) is 25.8 Å². The van der Waals surface area contributed by atoms with Gasteiger partial charge in [-0.1, -0.05) is 29.8 Å². The molecule has 0 aliphatic carbocycles. The van der Waals surface area contributed by atoms with Gasteiger partial charge >= 0.3 is 0 Å². The maximum Gasteiger partial charge on any atom is 0.271 e. The molecule has 3 aromatic rings. The summed E-state index contributed by atoms with van der Waals surface area (Å²) < 4.78 is 16.0. The molecule has 0 radical (unpaired) electrons. The Bertz CT molecular complexity index is 1210. The van der Waals surface area contributed by atoms with Gasteiger partial charge in [0.15, 0.2) is 18.1 Å². The maximum absolute atomic E-state index is 12.4. The molecule has 0 aliphatic rings. The SMILES string of the molecule is COc1ccc(C(=O)N/N=C/c2ccccc2OCC(=O)Nc2ccc(C)c(Cl)c2)cc1OC. The Balaban J connectivity index is 1.59. The highest BCUT2D eigenvalue weighted by atomic mass is 35.5. The average molecular weight is 482 g/mol. The highest BCUT2D eigenvalue weighted by Crippen LogP contribution is 2.27. The topological polar surface area (TPSA) is 98.3 Å². The van der Waals surface area contributed by atoms with Crippen molar-refractivity contribution in [3.05, 3.63) is 82.4 Å². The number of carbonyl (C=O) groups excluding carboxylic acids is 2. The molecule has 176 valence electrons. The van der Waals surface area contributed by atoms with Crippen LogP contribution in [0.2, 0.25) is 5.02 Å². The van der Waals surface area contributed by atoms with E-state index < -0.39 is 5.91 Å². The monoisotopic (exact) mass is 481 g/mol. The van der Waals surface area contributed by atoms with Gasteiger partial charge in [0.2, 0.25) is 0 Å². The molecule has 3 rings (SSSR count). The number of ether oxygens (including phenoxy) is 3. The molecule has 0 aromatic heterocycles. The molecule has 0 bridgehead atoms. The Hall–Kier alpha value is -4.04. The quantitative estimate of drug-likeness (QED) is 0.347. The summed E-state index contributed by atoms with van der Waals surface area (Å²) in [6, 6.07) is 17.1. The Morgan fingerprint density at radius 3 is 2.47 bits per heavy atom. The van der Waals surface area contributed by atoms with E-state index in [1.54, 1.807) is 54.6 Å². The minimum atomic E-state index is -0.424. The second kappa shape index (κ2) is 11.7. The Morgan fingerprint density at radius 1 is 0.971 bits per heavy atom. The average Bonchev–Trinajstić information content (AvgIpc) is 2.85. The molecule has 0 spiro atoms. The number of aryl methyl sites for hydroxylation is 1. The molecule has 0 atom stereocenters. The molecular weight excluding hydrogens is 458 g/mol. The fourth-order valence-electron chi connectivity index (χ4n) is 2.93. The lowest BCUT2D eigenvalue weighted by Crippen LogP contribution is -2.20. The van der Waals surface area contributed by atoms with E-state index in [9.17, 15) is 9.59 Å². The molecule has 0 heterocycles. The van der Waals surface area contributed by atoms with E-state index >= 15 is 0 Å². The van der Waals surface area contributed by atoms with Gasteiger partial charge in [-0.25, -0.2) is 5.43 Å². The van der Waals surface area contributed by atoms with Crippen LogP contribution in [-0.4, -0.2) is 38.9 Å². The van der Waals surface area contributed by atoms with Crippen LogP contribution in [0.5, 0.6) is 17.2 Å². The van der Waals surface area contributed by atoms with Gasteiger partial charge < -0.3 is 19.5 Å². The Labute approximate surface area is 202 Å². The van der Waals surface area contributed by atoms with Crippen LogP contribution in [0.1, 0.15) is 21.5 Å². The van der Waals surface area contributed by atoms with Crippen molar-refractivity contribution in [1.29, 1.82) is 0 Å². The molecule has 0 fully saturated rings. The highest BCUT2D eigenvalue weighted by molar-refractivity contribution is 6.31. The van der Waals surface area contributed by atoms with Crippen LogP contribution >= 0.6 is 11.6 Å². The third-order valence-corrected chi connectivity index (χ3v) is 5.16. The molecular formula is C25H24ClN3O5. The molecule has 0 aliphatic heterocycles. The molecule has 0 unspecified atom stereocenters. The van der Waals surface area contributed by atoms with Gasteiger partial charge in [0.1, 0.15) is 5.75 Å². The maximum atomic E-state index is 12.4. The number of hydrogen-bond donors (Lipinski definition) is 2. The lowest BCUT2D eigenvalue weighted by Gasteiger charge is -2.10. The molecule has 2 N–H and O–H groups in total. The van der Waals surface area contributed by atoms with Crippen molar-refractivity contribution >= 4 is 35.3 Å². The lowest BCUT2D eigenvalue weighted by atomic mass is 10.2. The second-order valence-corrected chi connectivity index (χ2v) is 7.51. The number of halogens is 1. The predicted molar refractivity (Wildman–Crippen MR) is 131 cm³/mol. The van der Waals surface area contributed by atoms with Crippen molar-refractivity contribution in [3.8, 4) is 17.2 Å². The van der Waals surface area contributed by atoms with Crippen molar-refractivity contribution < 1.29 is 23.8 Å². The lowest BCUT2D eigenvalue weighted by molar-refractivity contribution is -0.118. The number of nitrogens with zero attached hydrogens (tertiary/aromatic N) is 1. The van der Waals surface area contributed by atoms with Crippen LogP contribution in [0.25, 0.3) is 0 Å². The summed E-state index contributed by atoms with van der Waals surface area (Å²) in [5.74, 6) is 0.621. The normalized spacial score (nSPS) is 10.6. The number of benzene rings is 3. The standard InChI is InChI=1S/C25H24ClN3O5/c1-16-8-10-19(13-20(16)26)28-24(30)15-34-21-7-5-4-6-18(21)14-27-29-25(31)17-9-11-22(32-2)23(12-17)33-3/h4-14H,15H2,1-3H3,(H,28,30)(H,29,31)/b27-14+. The molecule has 34 heavy (non-hydrogen) atoms.